The van der Waals surface area contributed by atoms with Crippen LogP contribution in [-0.2, 0) is 9.53 Å². The van der Waals surface area contributed by atoms with E-state index < -0.39 is 0 Å². The van der Waals surface area contributed by atoms with Crippen LogP contribution < -0.4 is 0 Å². The Balaban J connectivity index is 1.84. The summed E-state index contributed by atoms with van der Waals surface area (Å²) in [7, 11) is 0. The van der Waals surface area contributed by atoms with Crippen LogP contribution in [0.5, 0.6) is 0 Å². The van der Waals surface area contributed by atoms with E-state index in [9.17, 15) is 9.90 Å². The minimum absolute atomic E-state index is 0.00243. The van der Waals surface area contributed by atoms with Gasteiger partial charge in [0, 0.05) is 19.5 Å². The van der Waals surface area contributed by atoms with E-state index in [1.807, 2.05) is 11.8 Å². The first-order chi connectivity index (χ1) is 9.19. The molecule has 0 aromatic carbocycles. The maximum Gasteiger partial charge on any atom is 0.223 e. The van der Waals surface area contributed by atoms with Gasteiger partial charge in [0.1, 0.15) is 0 Å². The molecule has 1 amide bonds. The van der Waals surface area contributed by atoms with Crippen LogP contribution in [0.3, 0.4) is 0 Å². The SMILES string of the molecule is CC1CN(C(=O)CC2CCCCCC2)CC(CO)O1. The number of morpholine rings is 1. The Morgan fingerprint density at radius 1 is 1.21 bits per heavy atom. The molecule has 0 spiro atoms. The molecule has 1 saturated carbocycles. The molecule has 2 unspecified atom stereocenters. The summed E-state index contributed by atoms with van der Waals surface area (Å²) >= 11 is 0. The van der Waals surface area contributed by atoms with Crippen LogP contribution in [0.15, 0.2) is 0 Å². The number of rotatable bonds is 3. The summed E-state index contributed by atoms with van der Waals surface area (Å²) in [6, 6.07) is 0. The van der Waals surface area contributed by atoms with Crippen molar-refractivity contribution in [2.24, 2.45) is 5.92 Å². The molecule has 0 bridgehead atoms. The number of aliphatic hydroxyl groups is 1. The molecule has 110 valence electrons. The minimum Gasteiger partial charge on any atom is -0.394 e. The summed E-state index contributed by atoms with van der Waals surface area (Å²) in [4.78, 5) is 14.3. The first kappa shape index (κ1) is 14.8. The van der Waals surface area contributed by atoms with Crippen LogP contribution in [0.4, 0.5) is 0 Å². The van der Waals surface area contributed by atoms with Crippen molar-refractivity contribution in [3.8, 4) is 0 Å². The average molecular weight is 269 g/mol. The smallest absolute Gasteiger partial charge is 0.223 e. The molecule has 1 heterocycles. The molecule has 1 aliphatic carbocycles. The first-order valence-electron chi connectivity index (χ1n) is 7.73. The van der Waals surface area contributed by atoms with Gasteiger partial charge in [0.05, 0.1) is 18.8 Å². The average Bonchev–Trinajstić information content (AvgIpc) is 2.66. The highest BCUT2D eigenvalue weighted by molar-refractivity contribution is 5.76. The molecule has 2 atom stereocenters. The van der Waals surface area contributed by atoms with E-state index in [1.165, 1.54) is 38.5 Å². The number of carbonyl (C=O) groups excluding carboxylic acids is 1. The van der Waals surface area contributed by atoms with E-state index in [1.54, 1.807) is 0 Å². The van der Waals surface area contributed by atoms with Gasteiger partial charge in [-0.15, -0.1) is 0 Å². The number of hydrogen-bond donors (Lipinski definition) is 1. The third-order valence-corrected chi connectivity index (χ3v) is 4.32. The molecule has 0 aromatic heterocycles. The third-order valence-electron chi connectivity index (χ3n) is 4.32. The Morgan fingerprint density at radius 3 is 2.53 bits per heavy atom. The van der Waals surface area contributed by atoms with Crippen molar-refractivity contribution in [2.75, 3.05) is 19.7 Å². The lowest BCUT2D eigenvalue weighted by molar-refractivity contribution is -0.148. The fourth-order valence-electron chi connectivity index (χ4n) is 3.29. The Labute approximate surface area is 116 Å². The molecule has 0 radical (unpaired) electrons. The Kier molecular flexibility index (Phi) is 5.64. The van der Waals surface area contributed by atoms with E-state index in [-0.39, 0.29) is 24.7 Å². The van der Waals surface area contributed by atoms with Crippen molar-refractivity contribution in [2.45, 2.75) is 64.1 Å². The van der Waals surface area contributed by atoms with Gasteiger partial charge in [-0.05, 0) is 25.7 Å². The van der Waals surface area contributed by atoms with Crippen molar-refractivity contribution >= 4 is 5.91 Å². The van der Waals surface area contributed by atoms with Crippen molar-refractivity contribution < 1.29 is 14.6 Å². The molecular formula is C15H27NO3. The molecule has 2 aliphatic rings. The summed E-state index contributed by atoms with van der Waals surface area (Å²) in [5, 5.41) is 9.20. The molecule has 19 heavy (non-hydrogen) atoms. The van der Waals surface area contributed by atoms with E-state index in [2.05, 4.69) is 0 Å². The van der Waals surface area contributed by atoms with Crippen molar-refractivity contribution in [3.05, 3.63) is 0 Å². The van der Waals surface area contributed by atoms with Gasteiger partial charge in [-0.25, -0.2) is 0 Å². The monoisotopic (exact) mass is 269 g/mol. The molecule has 1 N–H and O–H groups in total. The highest BCUT2D eigenvalue weighted by atomic mass is 16.5. The minimum atomic E-state index is -0.207. The van der Waals surface area contributed by atoms with Crippen LogP contribution in [0.25, 0.3) is 0 Å². The summed E-state index contributed by atoms with van der Waals surface area (Å²) in [6.45, 7) is 3.18. The maximum atomic E-state index is 12.4. The van der Waals surface area contributed by atoms with Crippen LogP contribution in [0, 0.1) is 5.92 Å². The summed E-state index contributed by atoms with van der Waals surface area (Å²) in [6.07, 6.45) is 8.12. The zero-order valence-electron chi connectivity index (χ0n) is 12.0. The summed E-state index contributed by atoms with van der Waals surface area (Å²) in [5.41, 5.74) is 0. The van der Waals surface area contributed by atoms with Gasteiger partial charge in [-0.2, -0.15) is 0 Å². The highest BCUT2D eigenvalue weighted by Crippen LogP contribution is 2.26. The highest BCUT2D eigenvalue weighted by Gasteiger charge is 2.29. The van der Waals surface area contributed by atoms with Crippen LogP contribution in [0.1, 0.15) is 51.9 Å². The fraction of sp³-hybridized carbons (Fsp3) is 0.933. The summed E-state index contributed by atoms with van der Waals surface area (Å²) < 4.78 is 5.58. The Bertz CT molecular complexity index is 287. The number of hydrogen-bond acceptors (Lipinski definition) is 3. The predicted molar refractivity (Wildman–Crippen MR) is 73.8 cm³/mol. The zero-order valence-corrected chi connectivity index (χ0v) is 12.0. The molecular weight excluding hydrogens is 242 g/mol. The van der Waals surface area contributed by atoms with Gasteiger partial charge in [0.25, 0.3) is 0 Å². The number of aliphatic hydroxyl groups excluding tert-OH is 1. The number of nitrogens with zero attached hydrogens (tertiary/aromatic N) is 1. The summed E-state index contributed by atoms with van der Waals surface area (Å²) in [5.74, 6) is 0.821. The lowest BCUT2D eigenvalue weighted by Gasteiger charge is -2.36. The second kappa shape index (κ2) is 7.25. The lowest BCUT2D eigenvalue weighted by Crippen LogP contribution is -2.50. The maximum absolute atomic E-state index is 12.4. The Morgan fingerprint density at radius 2 is 1.89 bits per heavy atom. The number of carbonyl (C=O) groups is 1. The molecule has 4 heteroatoms. The van der Waals surface area contributed by atoms with Gasteiger partial charge >= 0.3 is 0 Å². The van der Waals surface area contributed by atoms with Gasteiger partial charge in [0.15, 0.2) is 0 Å². The molecule has 4 nitrogen and oxygen atoms in total. The molecule has 2 rings (SSSR count). The van der Waals surface area contributed by atoms with Gasteiger partial charge in [-0.3, -0.25) is 4.79 Å². The van der Waals surface area contributed by atoms with Crippen LogP contribution in [0.2, 0.25) is 0 Å². The van der Waals surface area contributed by atoms with Crippen LogP contribution >= 0.6 is 0 Å². The van der Waals surface area contributed by atoms with E-state index in [0.29, 0.717) is 25.4 Å². The van der Waals surface area contributed by atoms with E-state index in [0.717, 1.165) is 0 Å². The standard InChI is InChI=1S/C15H27NO3/c1-12-9-16(10-14(11-17)19-12)15(18)8-13-6-4-2-3-5-7-13/h12-14,17H,2-11H2,1H3. The quantitative estimate of drug-likeness (QED) is 0.797. The first-order valence-corrected chi connectivity index (χ1v) is 7.73. The van der Waals surface area contributed by atoms with Crippen molar-refractivity contribution in [1.29, 1.82) is 0 Å². The molecule has 1 aliphatic heterocycles. The molecule has 1 saturated heterocycles. The van der Waals surface area contributed by atoms with Crippen LogP contribution in [-0.4, -0.2) is 47.8 Å². The lowest BCUT2D eigenvalue weighted by atomic mass is 9.95. The predicted octanol–water partition coefficient (Wildman–Crippen LogP) is 1.96. The van der Waals surface area contributed by atoms with Gasteiger partial charge in [-0.1, -0.05) is 25.7 Å². The third kappa shape index (κ3) is 4.46. The molecule has 0 aromatic rings. The van der Waals surface area contributed by atoms with E-state index in [4.69, 9.17) is 4.74 Å². The zero-order chi connectivity index (χ0) is 13.7. The topological polar surface area (TPSA) is 49.8 Å². The largest absolute Gasteiger partial charge is 0.394 e. The second-order valence-corrected chi connectivity index (χ2v) is 6.11. The van der Waals surface area contributed by atoms with Gasteiger partial charge < -0.3 is 14.7 Å². The van der Waals surface area contributed by atoms with E-state index >= 15 is 0 Å². The second-order valence-electron chi connectivity index (χ2n) is 6.11. The Hall–Kier alpha value is -0.610. The van der Waals surface area contributed by atoms with Crippen molar-refractivity contribution in [1.82, 2.24) is 4.90 Å². The molecule has 2 fully saturated rings. The fourth-order valence-corrected chi connectivity index (χ4v) is 3.29. The van der Waals surface area contributed by atoms with Crippen molar-refractivity contribution in [3.63, 3.8) is 0 Å². The normalized spacial score (nSPS) is 30.1. The number of amides is 1. The number of ether oxygens (including phenoxy) is 1. The van der Waals surface area contributed by atoms with Gasteiger partial charge in [0.2, 0.25) is 5.91 Å².